The summed E-state index contributed by atoms with van der Waals surface area (Å²) in [5.74, 6) is -1.32. The lowest BCUT2D eigenvalue weighted by molar-refractivity contribution is -0.151. The van der Waals surface area contributed by atoms with Crippen LogP contribution < -0.4 is 0 Å². The van der Waals surface area contributed by atoms with Crippen molar-refractivity contribution in [1.29, 1.82) is 0 Å². The summed E-state index contributed by atoms with van der Waals surface area (Å²) >= 11 is 5.85. The van der Waals surface area contributed by atoms with E-state index in [4.69, 9.17) is 16.7 Å². The number of aliphatic carboxylic acids is 1. The topological polar surface area (TPSA) is 66.7 Å². The lowest BCUT2D eigenvalue weighted by atomic mass is 9.81. The third-order valence-electron chi connectivity index (χ3n) is 4.06. The first-order chi connectivity index (χ1) is 11.3. The number of nitroso groups, excluding NO2 is 1. The standard InChI is InChI=1S/C18H17ClFNO3/c1-18(2,17(22)23)16(20)15(21-24)13-5-3-11(4-6-13)12-7-9-14(19)10-8-12/h3-10,15-16H,1-2H3,(H,22,23). The van der Waals surface area contributed by atoms with Crippen LogP contribution in [0.25, 0.3) is 11.1 Å². The van der Waals surface area contributed by atoms with Crippen molar-refractivity contribution in [2.24, 2.45) is 10.6 Å². The number of carboxylic acids is 1. The molecule has 0 aliphatic heterocycles. The van der Waals surface area contributed by atoms with Crippen LogP contribution in [0.1, 0.15) is 25.5 Å². The monoisotopic (exact) mass is 349 g/mol. The van der Waals surface area contributed by atoms with Gasteiger partial charge in [-0.15, -0.1) is 0 Å². The van der Waals surface area contributed by atoms with Crippen molar-refractivity contribution in [2.75, 3.05) is 0 Å². The van der Waals surface area contributed by atoms with Crippen LogP contribution in [-0.4, -0.2) is 17.2 Å². The van der Waals surface area contributed by atoms with Gasteiger partial charge < -0.3 is 5.11 Å². The Balaban J connectivity index is 2.29. The maximum Gasteiger partial charge on any atom is 0.312 e. The normalized spacial score (nSPS) is 14.0. The first-order valence-electron chi connectivity index (χ1n) is 7.33. The van der Waals surface area contributed by atoms with Gasteiger partial charge in [0, 0.05) is 5.02 Å². The van der Waals surface area contributed by atoms with Gasteiger partial charge in [0.15, 0.2) is 0 Å². The molecule has 0 bridgehead atoms. The van der Waals surface area contributed by atoms with Crippen molar-refractivity contribution in [1.82, 2.24) is 0 Å². The van der Waals surface area contributed by atoms with Crippen LogP contribution in [0, 0.1) is 10.3 Å². The van der Waals surface area contributed by atoms with Crippen LogP contribution in [0.4, 0.5) is 4.39 Å². The number of benzene rings is 2. The quantitative estimate of drug-likeness (QED) is 0.723. The van der Waals surface area contributed by atoms with Crippen LogP contribution in [0.2, 0.25) is 5.02 Å². The van der Waals surface area contributed by atoms with Crippen LogP contribution in [0.5, 0.6) is 0 Å². The molecule has 0 saturated carbocycles. The summed E-state index contributed by atoms with van der Waals surface area (Å²) in [6.07, 6.45) is -1.94. The second-order valence-corrected chi connectivity index (χ2v) is 6.54. The molecule has 2 rings (SSSR count). The van der Waals surface area contributed by atoms with Crippen molar-refractivity contribution in [3.05, 3.63) is 64.0 Å². The van der Waals surface area contributed by atoms with Gasteiger partial charge in [-0.2, -0.15) is 4.91 Å². The molecular formula is C18H17ClFNO3. The Morgan fingerprint density at radius 2 is 1.54 bits per heavy atom. The zero-order chi connectivity index (χ0) is 17.9. The molecule has 2 unspecified atom stereocenters. The summed E-state index contributed by atoms with van der Waals surface area (Å²) in [7, 11) is 0. The fourth-order valence-electron chi connectivity index (χ4n) is 2.31. The number of carboxylic acid groups (broad SMARTS) is 1. The molecule has 126 valence electrons. The SMILES string of the molecule is CC(C)(C(=O)O)C(F)C(N=O)c1ccc(-c2ccc(Cl)cc2)cc1. The van der Waals surface area contributed by atoms with Gasteiger partial charge in [-0.3, -0.25) is 4.79 Å². The highest BCUT2D eigenvalue weighted by Crippen LogP contribution is 2.36. The van der Waals surface area contributed by atoms with Gasteiger partial charge >= 0.3 is 5.97 Å². The molecule has 0 radical (unpaired) electrons. The average Bonchev–Trinajstić information content (AvgIpc) is 2.56. The number of halogens is 2. The van der Waals surface area contributed by atoms with Crippen LogP contribution in [0.3, 0.4) is 0 Å². The average molecular weight is 350 g/mol. The van der Waals surface area contributed by atoms with Gasteiger partial charge in [0.1, 0.15) is 12.2 Å². The van der Waals surface area contributed by atoms with Crippen molar-refractivity contribution < 1.29 is 14.3 Å². The fraction of sp³-hybridized carbons (Fsp3) is 0.278. The Morgan fingerprint density at radius 3 is 1.96 bits per heavy atom. The number of alkyl halides is 1. The highest BCUT2D eigenvalue weighted by molar-refractivity contribution is 6.30. The predicted octanol–water partition coefficient (Wildman–Crippen LogP) is 5.26. The number of hydrogen-bond donors (Lipinski definition) is 1. The van der Waals surface area contributed by atoms with E-state index >= 15 is 0 Å². The second-order valence-electron chi connectivity index (χ2n) is 6.11. The molecule has 0 fully saturated rings. The van der Waals surface area contributed by atoms with Crippen molar-refractivity contribution >= 4 is 17.6 Å². The number of rotatable bonds is 6. The maximum atomic E-state index is 14.6. The van der Waals surface area contributed by atoms with Crippen LogP contribution in [0.15, 0.2) is 53.7 Å². The predicted molar refractivity (Wildman–Crippen MR) is 91.7 cm³/mol. The minimum Gasteiger partial charge on any atom is -0.481 e. The van der Waals surface area contributed by atoms with E-state index in [1.807, 2.05) is 12.1 Å². The van der Waals surface area contributed by atoms with E-state index < -0.39 is 23.6 Å². The summed E-state index contributed by atoms with van der Waals surface area (Å²) in [6.45, 7) is 2.47. The Hall–Kier alpha value is -2.27. The molecule has 0 aliphatic rings. The molecule has 0 heterocycles. The third kappa shape index (κ3) is 3.62. The van der Waals surface area contributed by atoms with E-state index in [9.17, 15) is 14.1 Å². The summed E-state index contributed by atoms with van der Waals surface area (Å²) in [6, 6.07) is 12.5. The zero-order valence-corrected chi connectivity index (χ0v) is 14.0. The molecule has 0 spiro atoms. The minimum absolute atomic E-state index is 0.338. The summed E-state index contributed by atoms with van der Waals surface area (Å²) in [5, 5.41) is 12.6. The van der Waals surface area contributed by atoms with Crippen molar-refractivity contribution in [3.63, 3.8) is 0 Å². The molecule has 0 aromatic heterocycles. The van der Waals surface area contributed by atoms with E-state index in [0.717, 1.165) is 11.1 Å². The molecule has 0 aliphatic carbocycles. The molecule has 6 heteroatoms. The maximum absolute atomic E-state index is 14.6. The van der Waals surface area contributed by atoms with Gasteiger partial charge in [-0.1, -0.05) is 53.2 Å². The molecule has 2 aromatic rings. The molecule has 1 N–H and O–H groups in total. The number of hydrogen-bond acceptors (Lipinski definition) is 3. The largest absolute Gasteiger partial charge is 0.481 e. The van der Waals surface area contributed by atoms with Crippen molar-refractivity contribution in [3.8, 4) is 11.1 Å². The minimum atomic E-state index is -1.94. The van der Waals surface area contributed by atoms with E-state index in [1.54, 1.807) is 36.4 Å². The van der Waals surface area contributed by atoms with E-state index in [-0.39, 0.29) is 0 Å². The fourth-order valence-corrected chi connectivity index (χ4v) is 2.44. The van der Waals surface area contributed by atoms with Crippen molar-refractivity contribution in [2.45, 2.75) is 26.1 Å². The zero-order valence-electron chi connectivity index (χ0n) is 13.2. The molecule has 0 amide bonds. The first kappa shape index (κ1) is 18.1. The van der Waals surface area contributed by atoms with Gasteiger partial charge in [0.2, 0.25) is 0 Å². The van der Waals surface area contributed by atoms with Gasteiger partial charge in [-0.05, 0) is 42.7 Å². The second kappa shape index (κ2) is 7.09. The van der Waals surface area contributed by atoms with E-state index in [0.29, 0.717) is 10.6 Å². The number of nitrogens with zero attached hydrogens (tertiary/aromatic N) is 1. The summed E-state index contributed by atoms with van der Waals surface area (Å²) < 4.78 is 14.6. The molecule has 4 nitrogen and oxygen atoms in total. The van der Waals surface area contributed by atoms with Crippen LogP contribution >= 0.6 is 11.6 Å². The highest BCUT2D eigenvalue weighted by atomic mass is 35.5. The number of carbonyl (C=O) groups is 1. The first-order valence-corrected chi connectivity index (χ1v) is 7.71. The summed E-state index contributed by atoms with van der Waals surface area (Å²) in [5.41, 5.74) is 0.412. The Bertz CT molecular complexity index is 729. The molecule has 2 atom stereocenters. The molecular weight excluding hydrogens is 333 g/mol. The molecule has 0 saturated heterocycles. The molecule has 2 aromatic carbocycles. The van der Waals surface area contributed by atoms with Gasteiger partial charge in [0.05, 0.1) is 5.41 Å². The van der Waals surface area contributed by atoms with E-state index in [2.05, 4.69) is 5.18 Å². The highest BCUT2D eigenvalue weighted by Gasteiger charge is 2.43. The van der Waals surface area contributed by atoms with Gasteiger partial charge in [0.25, 0.3) is 0 Å². The lowest BCUT2D eigenvalue weighted by Gasteiger charge is -2.27. The third-order valence-corrected chi connectivity index (χ3v) is 4.31. The molecule has 24 heavy (non-hydrogen) atoms. The van der Waals surface area contributed by atoms with Gasteiger partial charge in [-0.25, -0.2) is 4.39 Å². The Labute approximate surface area is 144 Å². The summed E-state index contributed by atoms with van der Waals surface area (Å²) in [4.78, 5) is 22.3. The lowest BCUT2D eigenvalue weighted by Crippen LogP contribution is -2.37. The Morgan fingerprint density at radius 1 is 1.08 bits per heavy atom. The van der Waals surface area contributed by atoms with E-state index in [1.165, 1.54) is 13.8 Å². The smallest absolute Gasteiger partial charge is 0.312 e. The van der Waals surface area contributed by atoms with Crippen LogP contribution in [-0.2, 0) is 4.79 Å². The Kier molecular flexibility index (Phi) is 5.34.